The predicted molar refractivity (Wildman–Crippen MR) is 70.4 cm³/mol. The minimum absolute atomic E-state index is 0.141. The van der Waals surface area contributed by atoms with E-state index in [0.29, 0.717) is 6.61 Å². The molecule has 0 heterocycles. The van der Waals surface area contributed by atoms with Crippen LogP contribution >= 0.6 is 15.9 Å². The summed E-state index contributed by atoms with van der Waals surface area (Å²) < 4.78 is 6.56. The van der Waals surface area contributed by atoms with Crippen LogP contribution in [0.25, 0.3) is 0 Å². The highest BCUT2D eigenvalue weighted by atomic mass is 79.9. The predicted octanol–water partition coefficient (Wildman–Crippen LogP) is 2.74. The van der Waals surface area contributed by atoms with Gasteiger partial charge in [-0.25, -0.2) is 0 Å². The third kappa shape index (κ3) is 4.26. The Morgan fingerprint density at radius 1 is 1.50 bits per heavy atom. The second-order valence-corrected chi connectivity index (χ2v) is 4.50. The fraction of sp³-hybridized carbons (Fsp3) is 0.385. The molecule has 2 N–H and O–H groups in total. The molecule has 0 amide bonds. The zero-order valence-corrected chi connectivity index (χ0v) is 11.2. The molecule has 1 aromatic carbocycles. The van der Waals surface area contributed by atoms with Crippen LogP contribution in [-0.4, -0.2) is 12.6 Å². The Morgan fingerprint density at radius 2 is 2.25 bits per heavy atom. The maximum atomic E-state index is 5.78. The molecule has 0 radical (unpaired) electrons. The van der Waals surface area contributed by atoms with E-state index in [0.717, 1.165) is 22.2 Å². The van der Waals surface area contributed by atoms with Gasteiger partial charge in [0.2, 0.25) is 0 Å². The number of rotatable bonds is 4. The molecule has 86 valence electrons. The highest BCUT2D eigenvalue weighted by molar-refractivity contribution is 9.10. The zero-order chi connectivity index (χ0) is 12.0. The van der Waals surface area contributed by atoms with E-state index in [2.05, 4.69) is 27.8 Å². The van der Waals surface area contributed by atoms with E-state index in [9.17, 15) is 0 Å². The first-order chi connectivity index (χ1) is 7.63. The summed E-state index contributed by atoms with van der Waals surface area (Å²) in [6, 6.07) is 6.05. The lowest BCUT2D eigenvalue weighted by Crippen LogP contribution is -2.18. The van der Waals surface area contributed by atoms with Crippen LogP contribution in [0.4, 0.5) is 0 Å². The fourth-order valence-corrected chi connectivity index (χ4v) is 1.74. The van der Waals surface area contributed by atoms with Gasteiger partial charge >= 0.3 is 0 Å². The van der Waals surface area contributed by atoms with Gasteiger partial charge in [0.25, 0.3) is 0 Å². The molecule has 0 aliphatic carbocycles. The number of hydrogen-bond donors (Lipinski definition) is 1. The van der Waals surface area contributed by atoms with Crippen molar-refractivity contribution in [3.8, 4) is 17.6 Å². The molecule has 3 heteroatoms. The molecule has 0 spiro atoms. The van der Waals surface area contributed by atoms with Crippen molar-refractivity contribution in [2.45, 2.75) is 26.3 Å². The van der Waals surface area contributed by atoms with Crippen LogP contribution in [0.15, 0.2) is 22.7 Å². The van der Waals surface area contributed by atoms with Gasteiger partial charge in [-0.2, -0.15) is 0 Å². The minimum atomic E-state index is 0.141. The Morgan fingerprint density at radius 3 is 2.88 bits per heavy atom. The first kappa shape index (κ1) is 13.1. The molecule has 2 nitrogen and oxygen atoms in total. The molecule has 0 saturated heterocycles. The molecule has 1 aromatic rings. The van der Waals surface area contributed by atoms with Crippen molar-refractivity contribution in [1.29, 1.82) is 0 Å². The van der Waals surface area contributed by atoms with Crippen LogP contribution < -0.4 is 10.5 Å². The highest BCUT2D eigenvalue weighted by Gasteiger charge is 2.04. The Labute approximate surface area is 105 Å². The van der Waals surface area contributed by atoms with Crippen LogP contribution in [0, 0.1) is 11.8 Å². The van der Waals surface area contributed by atoms with Crippen LogP contribution in [0.3, 0.4) is 0 Å². The van der Waals surface area contributed by atoms with E-state index in [1.807, 2.05) is 25.1 Å². The number of ether oxygens (including phenoxy) is 1. The summed E-state index contributed by atoms with van der Waals surface area (Å²) in [6.45, 7) is 4.21. The monoisotopic (exact) mass is 281 g/mol. The van der Waals surface area contributed by atoms with Crippen molar-refractivity contribution in [1.82, 2.24) is 0 Å². The van der Waals surface area contributed by atoms with Gasteiger partial charge in [0, 0.05) is 10.5 Å². The van der Waals surface area contributed by atoms with Crippen LogP contribution in [0.2, 0.25) is 0 Å². The first-order valence-electron chi connectivity index (χ1n) is 5.20. The van der Waals surface area contributed by atoms with Gasteiger partial charge in [-0.15, -0.1) is 5.92 Å². The van der Waals surface area contributed by atoms with Crippen LogP contribution in [0.5, 0.6) is 5.75 Å². The standard InChI is InChI=1S/C13H16BrNO/c1-3-4-7-16-12-5-6-13(14)11(9-12)8-10(2)15/h5-6,9-10H,7-8,15H2,1-2H3. The number of hydrogen-bond acceptors (Lipinski definition) is 2. The van der Waals surface area contributed by atoms with E-state index in [-0.39, 0.29) is 6.04 Å². The molecule has 0 aliphatic heterocycles. The summed E-state index contributed by atoms with van der Waals surface area (Å²) in [5.74, 6) is 6.49. The Bertz CT molecular complexity index is 404. The van der Waals surface area contributed by atoms with Crippen molar-refractivity contribution >= 4 is 15.9 Å². The van der Waals surface area contributed by atoms with E-state index in [1.165, 1.54) is 0 Å². The number of benzene rings is 1. The summed E-state index contributed by atoms with van der Waals surface area (Å²) in [5, 5.41) is 0. The van der Waals surface area contributed by atoms with Crippen molar-refractivity contribution in [3.05, 3.63) is 28.2 Å². The second kappa shape index (κ2) is 6.57. The Hall–Kier alpha value is -0.980. The van der Waals surface area contributed by atoms with Gasteiger partial charge in [-0.3, -0.25) is 0 Å². The van der Waals surface area contributed by atoms with Crippen molar-refractivity contribution in [2.75, 3.05) is 6.61 Å². The van der Waals surface area contributed by atoms with Gasteiger partial charge in [0.1, 0.15) is 12.4 Å². The first-order valence-corrected chi connectivity index (χ1v) is 5.99. The summed E-state index contributed by atoms with van der Waals surface area (Å²) in [6.07, 6.45) is 0.831. The van der Waals surface area contributed by atoms with E-state index in [1.54, 1.807) is 6.92 Å². The fourth-order valence-electron chi connectivity index (χ4n) is 1.34. The van der Waals surface area contributed by atoms with Crippen LogP contribution in [-0.2, 0) is 6.42 Å². The summed E-state index contributed by atoms with van der Waals surface area (Å²) in [5.41, 5.74) is 6.94. The Balaban J connectivity index is 2.75. The lowest BCUT2D eigenvalue weighted by molar-refractivity contribution is 0.369. The topological polar surface area (TPSA) is 35.2 Å². The molecule has 0 aromatic heterocycles. The molecule has 1 unspecified atom stereocenters. The van der Waals surface area contributed by atoms with Gasteiger partial charge in [0.05, 0.1) is 0 Å². The molecule has 1 rings (SSSR count). The maximum Gasteiger partial charge on any atom is 0.149 e. The number of nitrogens with two attached hydrogens (primary N) is 1. The van der Waals surface area contributed by atoms with E-state index < -0.39 is 0 Å². The third-order valence-electron chi connectivity index (χ3n) is 2.05. The van der Waals surface area contributed by atoms with Crippen molar-refractivity contribution in [2.24, 2.45) is 5.73 Å². The molecule has 0 saturated carbocycles. The maximum absolute atomic E-state index is 5.78. The van der Waals surface area contributed by atoms with Gasteiger partial charge in [-0.05, 0) is 44.0 Å². The average Bonchev–Trinajstić information content (AvgIpc) is 2.22. The quantitative estimate of drug-likeness (QED) is 0.862. The molecule has 0 aliphatic rings. The molecule has 0 bridgehead atoms. The average molecular weight is 282 g/mol. The van der Waals surface area contributed by atoms with Gasteiger partial charge in [-0.1, -0.05) is 21.9 Å². The lowest BCUT2D eigenvalue weighted by Gasteiger charge is -2.10. The van der Waals surface area contributed by atoms with Crippen molar-refractivity contribution in [3.63, 3.8) is 0 Å². The molecule has 1 atom stereocenters. The third-order valence-corrected chi connectivity index (χ3v) is 2.82. The van der Waals surface area contributed by atoms with E-state index >= 15 is 0 Å². The lowest BCUT2D eigenvalue weighted by atomic mass is 10.1. The normalized spacial score (nSPS) is 11.5. The Kier molecular flexibility index (Phi) is 5.37. The number of halogens is 1. The molecular weight excluding hydrogens is 266 g/mol. The molecule has 0 fully saturated rings. The summed E-state index contributed by atoms with van der Waals surface area (Å²) >= 11 is 3.50. The molecular formula is C13H16BrNO. The van der Waals surface area contributed by atoms with Crippen LogP contribution in [0.1, 0.15) is 19.4 Å². The van der Waals surface area contributed by atoms with Crippen molar-refractivity contribution < 1.29 is 4.74 Å². The molecule has 16 heavy (non-hydrogen) atoms. The SMILES string of the molecule is CC#CCOc1ccc(Br)c(CC(C)N)c1. The largest absolute Gasteiger partial charge is 0.481 e. The van der Waals surface area contributed by atoms with E-state index in [4.69, 9.17) is 10.5 Å². The van der Waals surface area contributed by atoms with Gasteiger partial charge < -0.3 is 10.5 Å². The highest BCUT2D eigenvalue weighted by Crippen LogP contribution is 2.23. The minimum Gasteiger partial charge on any atom is -0.481 e. The summed E-state index contributed by atoms with van der Waals surface area (Å²) in [7, 11) is 0. The summed E-state index contributed by atoms with van der Waals surface area (Å²) in [4.78, 5) is 0. The zero-order valence-electron chi connectivity index (χ0n) is 9.59. The second-order valence-electron chi connectivity index (χ2n) is 3.65. The smallest absolute Gasteiger partial charge is 0.149 e. The van der Waals surface area contributed by atoms with Gasteiger partial charge in [0.15, 0.2) is 0 Å².